The Hall–Kier alpha value is -2.31. The fraction of sp³-hybridized carbons (Fsp3) is 0.417. The summed E-state index contributed by atoms with van der Waals surface area (Å²) in [7, 11) is 1.75. The number of carbonyl (C=O) groups excluding carboxylic acids is 1. The predicted molar refractivity (Wildman–Crippen MR) is 70.1 cm³/mol. The van der Waals surface area contributed by atoms with Crippen molar-refractivity contribution in [2.24, 2.45) is 0 Å². The third kappa shape index (κ3) is 2.75. The van der Waals surface area contributed by atoms with E-state index in [1.165, 1.54) is 12.3 Å². The maximum absolute atomic E-state index is 11.8. The number of hydrogen-bond acceptors (Lipinski definition) is 5. The lowest BCUT2D eigenvalue weighted by Crippen LogP contribution is -2.34. The SMILES string of the molecule is CN1CCCN(c2cc(C(=O)O)c(N)cn2)CC1=O. The van der Waals surface area contributed by atoms with Gasteiger partial charge in [-0.25, -0.2) is 9.78 Å². The Morgan fingerprint density at radius 2 is 2.21 bits per heavy atom. The lowest BCUT2D eigenvalue weighted by molar-refractivity contribution is -0.127. The van der Waals surface area contributed by atoms with Crippen molar-refractivity contribution in [1.82, 2.24) is 9.88 Å². The van der Waals surface area contributed by atoms with Crippen LogP contribution in [-0.4, -0.2) is 53.5 Å². The Balaban J connectivity index is 2.28. The van der Waals surface area contributed by atoms with Crippen LogP contribution in [0.2, 0.25) is 0 Å². The highest BCUT2D eigenvalue weighted by molar-refractivity contribution is 5.94. The monoisotopic (exact) mass is 264 g/mol. The van der Waals surface area contributed by atoms with Gasteiger partial charge in [0.1, 0.15) is 5.82 Å². The van der Waals surface area contributed by atoms with E-state index in [1.807, 2.05) is 0 Å². The maximum atomic E-state index is 11.8. The summed E-state index contributed by atoms with van der Waals surface area (Å²) in [5.41, 5.74) is 5.69. The van der Waals surface area contributed by atoms with Gasteiger partial charge < -0.3 is 20.6 Å². The first kappa shape index (κ1) is 13.1. The standard InChI is InChI=1S/C12H16N4O3/c1-15-3-2-4-16(7-11(15)17)10-5-8(12(18)19)9(13)6-14-10/h5-6H,2-4,7,13H2,1H3,(H,18,19). The van der Waals surface area contributed by atoms with E-state index in [1.54, 1.807) is 16.8 Å². The number of pyridine rings is 1. The van der Waals surface area contributed by atoms with Gasteiger partial charge in [-0.05, 0) is 12.5 Å². The van der Waals surface area contributed by atoms with Crippen molar-refractivity contribution >= 4 is 23.4 Å². The Kier molecular flexibility index (Phi) is 3.55. The van der Waals surface area contributed by atoms with E-state index < -0.39 is 5.97 Å². The van der Waals surface area contributed by atoms with Gasteiger partial charge in [-0.2, -0.15) is 0 Å². The molecule has 0 aliphatic carbocycles. The molecule has 0 atom stereocenters. The zero-order valence-corrected chi connectivity index (χ0v) is 10.7. The molecule has 2 heterocycles. The molecular weight excluding hydrogens is 248 g/mol. The number of carboxylic acid groups (broad SMARTS) is 1. The molecule has 7 heteroatoms. The Bertz CT molecular complexity index is 518. The van der Waals surface area contributed by atoms with Crippen LogP contribution in [0.25, 0.3) is 0 Å². The average molecular weight is 264 g/mol. The van der Waals surface area contributed by atoms with Gasteiger partial charge in [0.15, 0.2) is 0 Å². The van der Waals surface area contributed by atoms with Crippen LogP contribution in [0.4, 0.5) is 11.5 Å². The van der Waals surface area contributed by atoms with Crippen molar-refractivity contribution in [2.75, 3.05) is 37.3 Å². The van der Waals surface area contributed by atoms with Crippen LogP contribution < -0.4 is 10.6 Å². The maximum Gasteiger partial charge on any atom is 0.337 e. The first-order chi connectivity index (χ1) is 8.99. The third-order valence-corrected chi connectivity index (χ3v) is 3.15. The van der Waals surface area contributed by atoms with Gasteiger partial charge >= 0.3 is 5.97 Å². The summed E-state index contributed by atoms with van der Waals surface area (Å²) < 4.78 is 0. The van der Waals surface area contributed by atoms with Crippen molar-refractivity contribution in [3.8, 4) is 0 Å². The molecule has 0 bridgehead atoms. The molecule has 0 saturated carbocycles. The number of anilines is 2. The number of aromatic carboxylic acids is 1. The number of aromatic nitrogens is 1. The van der Waals surface area contributed by atoms with E-state index in [-0.39, 0.29) is 23.7 Å². The highest BCUT2D eigenvalue weighted by Crippen LogP contribution is 2.19. The number of carboxylic acids is 1. The molecular formula is C12H16N4O3. The summed E-state index contributed by atoms with van der Waals surface area (Å²) in [6.07, 6.45) is 2.13. The van der Waals surface area contributed by atoms with E-state index in [9.17, 15) is 9.59 Å². The molecule has 1 saturated heterocycles. The summed E-state index contributed by atoms with van der Waals surface area (Å²) in [5, 5.41) is 9.04. The largest absolute Gasteiger partial charge is 0.478 e. The topological polar surface area (TPSA) is 99.8 Å². The second-order valence-electron chi connectivity index (χ2n) is 4.53. The fourth-order valence-corrected chi connectivity index (χ4v) is 2.00. The van der Waals surface area contributed by atoms with Gasteiger partial charge in [0.25, 0.3) is 0 Å². The molecule has 0 aromatic carbocycles. The molecule has 102 valence electrons. The molecule has 0 unspecified atom stereocenters. The molecule has 3 N–H and O–H groups in total. The number of rotatable bonds is 2. The molecule has 1 aliphatic heterocycles. The van der Waals surface area contributed by atoms with Crippen LogP contribution in [0, 0.1) is 0 Å². The molecule has 7 nitrogen and oxygen atoms in total. The quantitative estimate of drug-likeness (QED) is 0.781. The van der Waals surface area contributed by atoms with Gasteiger partial charge in [0.05, 0.1) is 24.0 Å². The summed E-state index contributed by atoms with van der Waals surface area (Å²) in [4.78, 5) is 30.4. The molecule has 1 aromatic rings. The number of likely N-dealkylation sites (N-methyl/N-ethyl adjacent to an activating group) is 1. The van der Waals surface area contributed by atoms with Crippen LogP contribution in [0.15, 0.2) is 12.3 Å². The highest BCUT2D eigenvalue weighted by Gasteiger charge is 2.21. The minimum Gasteiger partial charge on any atom is -0.478 e. The van der Waals surface area contributed by atoms with Crippen LogP contribution in [0.5, 0.6) is 0 Å². The van der Waals surface area contributed by atoms with Crippen molar-refractivity contribution in [3.63, 3.8) is 0 Å². The van der Waals surface area contributed by atoms with Crippen LogP contribution in [-0.2, 0) is 4.79 Å². The van der Waals surface area contributed by atoms with Crippen molar-refractivity contribution in [1.29, 1.82) is 0 Å². The zero-order valence-electron chi connectivity index (χ0n) is 10.7. The van der Waals surface area contributed by atoms with Gasteiger partial charge in [-0.3, -0.25) is 4.79 Å². The fourth-order valence-electron chi connectivity index (χ4n) is 2.00. The van der Waals surface area contributed by atoms with Crippen LogP contribution in [0.3, 0.4) is 0 Å². The predicted octanol–water partition coefficient (Wildman–Crippen LogP) is 0.0305. The molecule has 0 radical (unpaired) electrons. The summed E-state index contributed by atoms with van der Waals surface area (Å²) in [6, 6.07) is 1.41. The molecule has 1 amide bonds. The first-order valence-corrected chi connectivity index (χ1v) is 5.97. The van der Waals surface area contributed by atoms with Crippen LogP contribution in [0.1, 0.15) is 16.8 Å². The summed E-state index contributed by atoms with van der Waals surface area (Å²) >= 11 is 0. The van der Waals surface area contributed by atoms with Gasteiger partial charge in [0.2, 0.25) is 5.91 Å². The van der Waals surface area contributed by atoms with Crippen molar-refractivity contribution in [3.05, 3.63) is 17.8 Å². The summed E-state index contributed by atoms with van der Waals surface area (Å²) in [6.45, 7) is 1.55. The molecule has 19 heavy (non-hydrogen) atoms. The van der Waals surface area contributed by atoms with E-state index in [0.717, 1.165) is 6.42 Å². The first-order valence-electron chi connectivity index (χ1n) is 5.97. The molecule has 2 rings (SSSR count). The Morgan fingerprint density at radius 1 is 1.47 bits per heavy atom. The molecule has 1 aromatic heterocycles. The Morgan fingerprint density at radius 3 is 2.89 bits per heavy atom. The number of nitrogens with zero attached hydrogens (tertiary/aromatic N) is 3. The van der Waals surface area contributed by atoms with E-state index in [4.69, 9.17) is 10.8 Å². The second kappa shape index (κ2) is 5.13. The van der Waals surface area contributed by atoms with Crippen molar-refractivity contribution < 1.29 is 14.7 Å². The van der Waals surface area contributed by atoms with Gasteiger partial charge in [-0.1, -0.05) is 0 Å². The van der Waals surface area contributed by atoms with E-state index in [2.05, 4.69) is 4.98 Å². The minimum atomic E-state index is -1.10. The average Bonchev–Trinajstić information content (AvgIpc) is 2.52. The third-order valence-electron chi connectivity index (χ3n) is 3.15. The summed E-state index contributed by atoms with van der Waals surface area (Å²) in [5.74, 6) is -0.636. The number of hydrogen-bond donors (Lipinski definition) is 2. The number of nitrogens with two attached hydrogens (primary N) is 1. The van der Waals surface area contributed by atoms with Gasteiger partial charge in [-0.15, -0.1) is 0 Å². The van der Waals surface area contributed by atoms with Crippen LogP contribution >= 0.6 is 0 Å². The smallest absolute Gasteiger partial charge is 0.337 e. The number of nitrogen functional groups attached to an aromatic ring is 1. The van der Waals surface area contributed by atoms with E-state index >= 15 is 0 Å². The normalized spacial score (nSPS) is 16.4. The zero-order chi connectivity index (χ0) is 14.0. The molecule has 1 aliphatic rings. The lowest BCUT2D eigenvalue weighted by Gasteiger charge is -2.21. The molecule has 1 fully saturated rings. The Labute approximate surface area is 110 Å². The van der Waals surface area contributed by atoms with E-state index in [0.29, 0.717) is 18.9 Å². The highest BCUT2D eigenvalue weighted by atomic mass is 16.4. The molecule has 0 spiro atoms. The minimum absolute atomic E-state index is 0.00648. The second-order valence-corrected chi connectivity index (χ2v) is 4.53. The lowest BCUT2D eigenvalue weighted by atomic mass is 10.2. The number of carbonyl (C=O) groups is 2. The van der Waals surface area contributed by atoms with Gasteiger partial charge in [0, 0.05) is 20.1 Å². The number of amides is 1. The van der Waals surface area contributed by atoms with Crippen molar-refractivity contribution in [2.45, 2.75) is 6.42 Å².